The number of aliphatic imine (C=N–C) groups is 4. The van der Waals surface area contributed by atoms with E-state index in [4.69, 9.17) is 57.3 Å². The summed E-state index contributed by atoms with van der Waals surface area (Å²) in [6, 6.07) is 1.59. The van der Waals surface area contributed by atoms with E-state index in [9.17, 15) is 43.2 Å². The molecule has 1 heterocycles. The van der Waals surface area contributed by atoms with E-state index in [0.717, 1.165) is 0 Å². The number of benzene rings is 2. The lowest BCUT2D eigenvalue weighted by molar-refractivity contribution is -0.137. The Balaban J connectivity index is 2.10. The van der Waals surface area contributed by atoms with Gasteiger partial charge >= 0.3 is 0 Å². The van der Waals surface area contributed by atoms with Gasteiger partial charge in [-0.1, -0.05) is 103 Å². The molecule has 104 heavy (non-hydrogen) atoms. The van der Waals surface area contributed by atoms with Gasteiger partial charge in [0.25, 0.3) is 0 Å². The van der Waals surface area contributed by atoms with Gasteiger partial charge in [0.1, 0.15) is 60.4 Å². The molecule has 13 atom stereocenters. The van der Waals surface area contributed by atoms with Crippen LogP contribution in [0.15, 0.2) is 80.8 Å². The topological polar surface area (TPSA) is 633 Å². The number of rotatable bonds is 47. The average Bonchev–Trinajstić information content (AvgIpc) is 1.76. The first-order chi connectivity index (χ1) is 49.1. The number of amides is 11. The minimum Gasteiger partial charge on any atom is -0.370 e. The maximum atomic E-state index is 15.3. The predicted octanol–water partition coefficient (Wildman–Crippen LogP) is -3.99. The summed E-state index contributed by atoms with van der Waals surface area (Å²) in [4.78, 5) is 176. The van der Waals surface area contributed by atoms with Crippen LogP contribution in [0.25, 0.3) is 10.9 Å². The standard InChI is InChI=1S/C68H113N25O11/c1-9-37(5)52(93-64(104)53(38(6)10-2)92-59(99)48(27-19-31-82-68(77)78)86-56(96)40(8)84-55(95)39(7)69)63(103)91-49(32-36(3)4)60(100)87-47(26-18-30-81-67(75)76)58(98)90-51(34-42-35-83-44-23-15-14-22-43(42)44)62(102)89-50(33-41-20-12-11-13-21-41)61(101)88-46(25-17-29-80-66(73)74)57(97)85-45(54(70)94)24-16-28-79-65(71)72/h11-15,20-23,35-40,45-53,83H,9-10,16-19,24-34,69H2,1-8H3,(H2,70,94)(H,84,95)(H,85,97)(H,86,96)(H,87,100)(H,88,101)(H,89,102)(H,90,98)(H,91,103)(H,92,99)(H,93,104)(H4,71,72,79)(H4,73,74,80)(H4,75,76,81)(H4,77,78,82)/t37-,38-,39-,40-,45-,46-,47-,48-,49-,50-,51-,52-,53-/m0/s1. The zero-order chi connectivity index (χ0) is 77.8. The number of nitrogens with one attached hydrogen (secondary N) is 11. The number of guanidine groups is 4. The largest absolute Gasteiger partial charge is 0.370 e. The van der Waals surface area contributed by atoms with Gasteiger partial charge < -0.3 is 115 Å². The van der Waals surface area contributed by atoms with Crippen molar-refractivity contribution in [2.24, 2.45) is 95.1 Å². The molecule has 576 valence electrons. The molecule has 1 aromatic heterocycles. The molecular formula is C68H113N25O11. The summed E-state index contributed by atoms with van der Waals surface area (Å²) >= 11 is 0. The molecule has 3 rings (SSSR count). The predicted molar refractivity (Wildman–Crippen MR) is 398 cm³/mol. The number of primary amides is 1. The third-order valence-corrected chi connectivity index (χ3v) is 17.1. The quantitative estimate of drug-likeness (QED) is 0.0146. The van der Waals surface area contributed by atoms with Crippen molar-refractivity contribution in [1.82, 2.24) is 58.2 Å². The SMILES string of the molecule is CC[C@H](C)[C@H](NC(=O)[C@H](CCCN=C(N)N)NC(=O)[C@H](C)NC(=O)[C@H](C)N)C(=O)N[C@H](C(=O)N[C@@H](CC(C)C)C(=O)N[C@@H](CCCN=C(N)N)C(=O)N[C@@H](Cc1c[nH]c2ccccc12)C(=O)N[C@@H](Cc1ccccc1)C(=O)N[C@@H](CCCN=C(N)N)C(=O)N[C@@H](CCCN=C(N)N)C(N)=O)[C@@H](C)CC. The Kier molecular flexibility index (Phi) is 38.0. The number of fused-ring (bicyclic) bond motifs is 1. The smallest absolute Gasteiger partial charge is 0.243 e. The fraction of sp³-hybridized carbons (Fsp3) is 0.574. The van der Waals surface area contributed by atoms with Crippen molar-refractivity contribution in [2.45, 2.75) is 205 Å². The highest BCUT2D eigenvalue weighted by molar-refractivity contribution is 6.00. The Bertz CT molecular complexity index is 3440. The van der Waals surface area contributed by atoms with Crippen LogP contribution < -0.4 is 111 Å². The molecule has 0 aliphatic carbocycles. The summed E-state index contributed by atoms with van der Waals surface area (Å²) in [5, 5.41) is 28.0. The molecule has 0 aliphatic heterocycles. The summed E-state index contributed by atoms with van der Waals surface area (Å²) < 4.78 is 0. The third-order valence-electron chi connectivity index (χ3n) is 17.1. The van der Waals surface area contributed by atoms with Gasteiger partial charge in [0.05, 0.1) is 6.04 Å². The minimum atomic E-state index is -1.50. The van der Waals surface area contributed by atoms with Gasteiger partial charge in [0.2, 0.25) is 65.0 Å². The summed E-state index contributed by atoms with van der Waals surface area (Å²) in [5.41, 5.74) is 57.8. The lowest BCUT2D eigenvalue weighted by atomic mass is 9.94. The number of aromatic amines is 1. The van der Waals surface area contributed by atoms with Gasteiger partial charge in [0, 0.05) is 56.1 Å². The number of para-hydroxylation sites is 1. The number of carbonyl (C=O) groups excluding carboxylic acids is 11. The van der Waals surface area contributed by atoms with Gasteiger partial charge in [-0.05, 0) is 107 Å². The second kappa shape index (κ2) is 45.2. The van der Waals surface area contributed by atoms with Crippen LogP contribution in [-0.2, 0) is 65.6 Å². The molecular weight excluding hydrogens is 1340 g/mol. The monoisotopic (exact) mass is 1460 g/mol. The lowest BCUT2D eigenvalue weighted by Gasteiger charge is -2.31. The van der Waals surface area contributed by atoms with E-state index in [0.29, 0.717) is 34.9 Å². The summed E-state index contributed by atoms with van der Waals surface area (Å²) in [7, 11) is 0. The molecule has 3 aromatic rings. The zero-order valence-electron chi connectivity index (χ0n) is 60.9. The van der Waals surface area contributed by atoms with E-state index in [1.54, 1.807) is 90.2 Å². The molecule has 0 unspecified atom stereocenters. The Morgan fingerprint density at radius 1 is 0.394 bits per heavy atom. The molecule has 0 aliphatic rings. The molecule has 31 N–H and O–H groups in total. The van der Waals surface area contributed by atoms with Crippen molar-refractivity contribution < 1.29 is 52.7 Å². The van der Waals surface area contributed by atoms with Crippen molar-refractivity contribution in [3.05, 3.63) is 71.9 Å². The highest BCUT2D eigenvalue weighted by Gasteiger charge is 2.38. The van der Waals surface area contributed by atoms with Crippen molar-refractivity contribution in [1.29, 1.82) is 0 Å². The lowest BCUT2D eigenvalue weighted by Crippen LogP contribution is -2.62. The van der Waals surface area contributed by atoms with Crippen LogP contribution in [0, 0.1) is 17.8 Å². The van der Waals surface area contributed by atoms with Crippen molar-refractivity contribution in [2.75, 3.05) is 26.2 Å². The molecule has 0 radical (unpaired) electrons. The zero-order valence-corrected chi connectivity index (χ0v) is 60.9. The first-order valence-electron chi connectivity index (χ1n) is 35.0. The normalized spacial score (nSPS) is 14.8. The second-order valence-corrected chi connectivity index (χ2v) is 26.3. The minimum absolute atomic E-state index is 0.00380. The fourth-order valence-electron chi connectivity index (χ4n) is 10.8. The Hall–Kier alpha value is -10.8. The van der Waals surface area contributed by atoms with E-state index < -0.39 is 143 Å². The second-order valence-electron chi connectivity index (χ2n) is 26.3. The van der Waals surface area contributed by atoms with Crippen molar-refractivity contribution in [3.8, 4) is 0 Å². The third kappa shape index (κ3) is 31.6. The number of carbonyl (C=O) groups is 11. The van der Waals surface area contributed by atoms with Gasteiger partial charge in [0.15, 0.2) is 23.8 Å². The highest BCUT2D eigenvalue weighted by atomic mass is 16.2. The maximum absolute atomic E-state index is 15.3. The summed E-state index contributed by atoms with van der Waals surface area (Å²) in [6.07, 6.45) is 2.58. The number of nitrogens with two attached hydrogens (primary N) is 10. The summed E-state index contributed by atoms with van der Waals surface area (Å²) in [5.74, 6) is -11.0. The molecule has 36 nitrogen and oxygen atoms in total. The van der Waals surface area contributed by atoms with Gasteiger partial charge in [-0.2, -0.15) is 0 Å². The van der Waals surface area contributed by atoms with E-state index in [1.807, 2.05) is 12.1 Å². The van der Waals surface area contributed by atoms with E-state index >= 15 is 9.59 Å². The van der Waals surface area contributed by atoms with Crippen molar-refractivity contribution >= 4 is 99.7 Å². The number of hydrogen-bond acceptors (Lipinski definition) is 16. The van der Waals surface area contributed by atoms with Crippen LogP contribution in [-0.4, -0.2) is 186 Å². The first kappa shape index (κ1) is 87.4. The molecule has 36 heteroatoms. The summed E-state index contributed by atoms with van der Waals surface area (Å²) in [6.45, 7) is 13.7. The Labute approximate surface area is 606 Å². The average molecular weight is 1460 g/mol. The van der Waals surface area contributed by atoms with Crippen LogP contribution in [0.1, 0.15) is 137 Å². The Morgan fingerprint density at radius 2 is 0.750 bits per heavy atom. The molecule has 0 fully saturated rings. The van der Waals surface area contributed by atoms with Crippen LogP contribution in [0.2, 0.25) is 0 Å². The Morgan fingerprint density at radius 3 is 1.18 bits per heavy atom. The molecule has 0 bridgehead atoms. The van der Waals surface area contributed by atoms with Crippen LogP contribution in [0.5, 0.6) is 0 Å². The highest BCUT2D eigenvalue weighted by Crippen LogP contribution is 2.21. The van der Waals surface area contributed by atoms with Crippen LogP contribution >= 0.6 is 0 Å². The number of aromatic nitrogens is 1. The van der Waals surface area contributed by atoms with E-state index in [-0.39, 0.29) is 127 Å². The molecule has 0 saturated carbocycles. The van der Waals surface area contributed by atoms with Crippen molar-refractivity contribution in [3.63, 3.8) is 0 Å². The molecule has 2 aromatic carbocycles. The molecule has 11 amide bonds. The van der Waals surface area contributed by atoms with Gasteiger partial charge in [-0.3, -0.25) is 72.7 Å². The van der Waals surface area contributed by atoms with E-state index in [2.05, 4.69) is 78.1 Å². The molecule has 0 saturated heterocycles. The van der Waals surface area contributed by atoms with Gasteiger partial charge in [-0.15, -0.1) is 0 Å². The van der Waals surface area contributed by atoms with Crippen LogP contribution in [0.4, 0.5) is 0 Å². The van der Waals surface area contributed by atoms with Crippen LogP contribution in [0.3, 0.4) is 0 Å². The number of H-pyrrole nitrogens is 1. The number of nitrogens with zero attached hydrogens (tertiary/aromatic N) is 4. The molecule has 0 spiro atoms. The van der Waals surface area contributed by atoms with E-state index in [1.165, 1.54) is 13.8 Å². The number of hydrogen-bond donors (Lipinski definition) is 21. The fourth-order valence-corrected chi connectivity index (χ4v) is 10.8. The maximum Gasteiger partial charge on any atom is 0.243 e. The van der Waals surface area contributed by atoms with Gasteiger partial charge in [-0.25, -0.2) is 0 Å². The first-order valence-corrected chi connectivity index (χ1v) is 35.0.